The Kier molecular flexibility index (Phi) is 4.23. The van der Waals surface area contributed by atoms with Crippen LogP contribution in [0.25, 0.3) is 0 Å². The number of hydrogen-bond donors (Lipinski definition) is 3. The molecule has 0 aromatic carbocycles. The van der Waals surface area contributed by atoms with Crippen molar-refractivity contribution in [1.82, 2.24) is 9.97 Å². The van der Waals surface area contributed by atoms with Gasteiger partial charge in [-0.25, -0.2) is 0 Å². The van der Waals surface area contributed by atoms with E-state index in [1.807, 2.05) is 6.07 Å². The summed E-state index contributed by atoms with van der Waals surface area (Å²) in [5, 5.41) is 6.67. The van der Waals surface area contributed by atoms with Crippen molar-refractivity contribution in [3.8, 4) is 0 Å². The van der Waals surface area contributed by atoms with E-state index in [1.54, 1.807) is 0 Å². The first-order valence-electron chi connectivity index (χ1n) is 6.87. The minimum atomic E-state index is 0.325. The smallest absolute Gasteiger partial charge is 0.223 e. The predicted octanol–water partition coefficient (Wildman–Crippen LogP) is 2.48. The molecule has 2 rings (SSSR count). The molecule has 1 fully saturated rings. The Balaban J connectivity index is 1.93. The van der Waals surface area contributed by atoms with E-state index < -0.39 is 0 Å². The van der Waals surface area contributed by atoms with Crippen LogP contribution in [-0.4, -0.2) is 22.6 Å². The van der Waals surface area contributed by atoms with Gasteiger partial charge in [0.15, 0.2) is 0 Å². The maximum absolute atomic E-state index is 5.72. The van der Waals surface area contributed by atoms with E-state index in [9.17, 15) is 0 Å². The number of nitrogens with one attached hydrogen (secondary N) is 2. The van der Waals surface area contributed by atoms with Gasteiger partial charge in [0.05, 0.1) is 0 Å². The van der Waals surface area contributed by atoms with Gasteiger partial charge in [-0.2, -0.15) is 9.97 Å². The Bertz CT molecular complexity index is 393. The second-order valence-electron chi connectivity index (χ2n) is 4.96. The Morgan fingerprint density at radius 3 is 2.78 bits per heavy atom. The molecule has 4 N–H and O–H groups in total. The molecule has 1 aliphatic carbocycles. The summed E-state index contributed by atoms with van der Waals surface area (Å²) >= 11 is 0. The van der Waals surface area contributed by atoms with E-state index in [0.29, 0.717) is 12.0 Å². The third kappa shape index (κ3) is 3.48. The van der Waals surface area contributed by atoms with Crippen molar-refractivity contribution >= 4 is 17.6 Å². The van der Waals surface area contributed by atoms with E-state index in [2.05, 4.69) is 34.4 Å². The van der Waals surface area contributed by atoms with E-state index in [1.165, 1.54) is 19.3 Å². The van der Waals surface area contributed by atoms with Gasteiger partial charge in [0.25, 0.3) is 0 Å². The van der Waals surface area contributed by atoms with Crippen LogP contribution in [0.5, 0.6) is 0 Å². The second-order valence-corrected chi connectivity index (χ2v) is 4.96. The first-order valence-corrected chi connectivity index (χ1v) is 6.87. The third-order valence-corrected chi connectivity index (χ3v) is 3.21. The molecule has 1 saturated carbocycles. The topological polar surface area (TPSA) is 75.9 Å². The Morgan fingerprint density at radius 1 is 1.28 bits per heavy atom. The Labute approximate surface area is 109 Å². The van der Waals surface area contributed by atoms with Crippen molar-refractivity contribution < 1.29 is 0 Å². The van der Waals surface area contributed by atoms with Gasteiger partial charge in [0.2, 0.25) is 5.95 Å². The lowest BCUT2D eigenvalue weighted by atomic mass is 10.2. The number of nitrogens with zero attached hydrogens (tertiary/aromatic N) is 2. The van der Waals surface area contributed by atoms with E-state index in [4.69, 9.17) is 5.73 Å². The molecule has 0 amide bonds. The molecule has 2 atom stereocenters. The molecule has 1 aromatic rings. The average Bonchev–Trinajstić information content (AvgIpc) is 3.04. The molecule has 5 nitrogen and oxygen atoms in total. The molecule has 1 aromatic heterocycles. The lowest BCUT2D eigenvalue weighted by molar-refractivity contribution is 0.692. The normalized spacial score (nSPS) is 21.7. The number of rotatable bonds is 7. The zero-order valence-electron chi connectivity index (χ0n) is 11.2. The highest BCUT2D eigenvalue weighted by Gasteiger charge is 2.36. The van der Waals surface area contributed by atoms with Gasteiger partial charge < -0.3 is 16.4 Å². The molecule has 0 aliphatic heterocycles. The molecule has 1 aliphatic rings. The summed E-state index contributed by atoms with van der Waals surface area (Å²) in [5.74, 6) is 2.77. The van der Waals surface area contributed by atoms with Crippen LogP contribution in [0.1, 0.15) is 39.5 Å². The summed E-state index contributed by atoms with van der Waals surface area (Å²) in [5.41, 5.74) is 5.72. The predicted molar refractivity (Wildman–Crippen MR) is 75.7 cm³/mol. The monoisotopic (exact) mass is 249 g/mol. The quantitative estimate of drug-likeness (QED) is 0.692. The number of aromatic nitrogens is 2. The number of anilines is 3. The van der Waals surface area contributed by atoms with Crippen LogP contribution in [0.3, 0.4) is 0 Å². The summed E-state index contributed by atoms with van der Waals surface area (Å²) in [6.07, 6.45) is 4.85. The first-order chi connectivity index (χ1) is 8.72. The fourth-order valence-corrected chi connectivity index (χ4v) is 2.19. The van der Waals surface area contributed by atoms with E-state index in [-0.39, 0.29) is 0 Å². The fourth-order valence-electron chi connectivity index (χ4n) is 2.19. The highest BCUT2D eigenvalue weighted by atomic mass is 15.1. The first kappa shape index (κ1) is 12.9. The molecule has 5 heteroatoms. The zero-order valence-corrected chi connectivity index (χ0v) is 11.2. The molecular formula is C13H23N5. The number of nitrogens with two attached hydrogens (primary N) is 1. The fraction of sp³-hybridized carbons (Fsp3) is 0.692. The van der Waals surface area contributed by atoms with Gasteiger partial charge in [-0.1, -0.05) is 20.3 Å². The average molecular weight is 249 g/mol. The molecule has 18 heavy (non-hydrogen) atoms. The highest BCUT2D eigenvalue weighted by Crippen LogP contribution is 2.37. The largest absolute Gasteiger partial charge is 0.370 e. The van der Waals surface area contributed by atoms with Crippen LogP contribution in [0.15, 0.2) is 6.07 Å². The van der Waals surface area contributed by atoms with Crippen LogP contribution in [0, 0.1) is 5.92 Å². The molecule has 0 spiro atoms. The molecule has 0 saturated heterocycles. The molecule has 1 heterocycles. The van der Waals surface area contributed by atoms with Crippen molar-refractivity contribution in [3.05, 3.63) is 6.07 Å². The number of hydrogen-bond acceptors (Lipinski definition) is 5. The number of nitrogen functional groups attached to an aromatic ring is 1. The van der Waals surface area contributed by atoms with Crippen molar-refractivity contribution in [1.29, 1.82) is 0 Å². The van der Waals surface area contributed by atoms with Gasteiger partial charge in [-0.05, 0) is 25.2 Å². The SMILES string of the molecule is CCCNc1cc(NC2CC2CCC)nc(N)n1. The molecule has 2 unspecified atom stereocenters. The summed E-state index contributed by atoms with van der Waals surface area (Å²) in [6, 6.07) is 2.51. The summed E-state index contributed by atoms with van der Waals surface area (Å²) < 4.78 is 0. The van der Waals surface area contributed by atoms with Crippen LogP contribution < -0.4 is 16.4 Å². The third-order valence-electron chi connectivity index (χ3n) is 3.21. The van der Waals surface area contributed by atoms with Crippen molar-refractivity contribution in [2.75, 3.05) is 22.9 Å². The maximum Gasteiger partial charge on any atom is 0.223 e. The molecular weight excluding hydrogens is 226 g/mol. The van der Waals surface area contributed by atoms with Crippen LogP contribution in [0.2, 0.25) is 0 Å². The Morgan fingerprint density at radius 2 is 2.06 bits per heavy atom. The summed E-state index contributed by atoms with van der Waals surface area (Å²) in [7, 11) is 0. The highest BCUT2D eigenvalue weighted by molar-refractivity contribution is 5.52. The summed E-state index contributed by atoms with van der Waals surface area (Å²) in [6.45, 7) is 5.25. The summed E-state index contributed by atoms with van der Waals surface area (Å²) in [4.78, 5) is 8.40. The van der Waals surface area contributed by atoms with E-state index in [0.717, 1.165) is 30.5 Å². The van der Waals surface area contributed by atoms with Crippen LogP contribution >= 0.6 is 0 Å². The van der Waals surface area contributed by atoms with Gasteiger partial charge in [0.1, 0.15) is 11.6 Å². The maximum atomic E-state index is 5.72. The van der Waals surface area contributed by atoms with Gasteiger partial charge >= 0.3 is 0 Å². The van der Waals surface area contributed by atoms with Crippen LogP contribution in [-0.2, 0) is 0 Å². The van der Waals surface area contributed by atoms with Crippen molar-refractivity contribution in [2.45, 2.75) is 45.6 Å². The standard InChI is InChI=1S/C13H23N5/c1-3-5-9-7-10(9)16-12-8-11(15-6-4-2)17-13(14)18-12/h8-10H,3-7H2,1-2H3,(H4,14,15,16,17,18). The zero-order chi connectivity index (χ0) is 13.0. The van der Waals surface area contributed by atoms with Crippen molar-refractivity contribution in [2.24, 2.45) is 5.92 Å². The Hall–Kier alpha value is -1.52. The van der Waals surface area contributed by atoms with Crippen LogP contribution in [0.4, 0.5) is 17.6 Å². The minimum absolute atomic E-state index is 0.325. The van der Waals surface area contributed by atoms with E-state index >= 15 is 0 Å². The second kappa shape index (κ2) is 5.89. The minimum Gasteiger partial charge on any atom is -0.370 e. The molecule has 100 valence electrons. The molecule has 0 bridgehead atoms. The lowest BCUT2D eigenvalue weighted by Gasteiger charge is -2.09. The van der Waals surface area contributed by atoms with Crippen molar-refractivity contribution in [3.63, 3.8) is 0 Å². The molecule has 0 radical (unpaired) electrons. The van der Waals surface area contributed by atoms with Gasteiger partial charge in [-0.3, -0.25) is 0 Å². The van der Waals surface area contributed by atoms with Gasteiger partial charge in [-0.15, -0.1) is 0 Å². The van der Waals surface area contributed by atoms with Gasteiger partial charge in [0, 0.05) is 18.7 Å². The lowest BCUT2D eigenvalue weighted by Crippen LogP contribution is -2.10.